The van der Waals surface area contributed by atoms with Crippen molar-refractivity contribution in [2.75, 3.05) is 5.32 Å². The number of hydrogen-bond donors (Lipinski definition) is 2. The average molecular weight is 179 g/mol. The van der Waals surface area contributed by atoms with E-state index in [1.165, 1.54) is 0 Å². The lowest BCUT2D eigenvalue weighted by Gasteiger charge is -2.05. The monoisotopic (exact) mass is 179 g/mol. The van der Waals surface area contributed by atoms with Crippen LogP contribution in [-0.2, 0) is 0 Å². The summed E-state index contributed by atoms with van der Waals surface area (Å²) in [4.78, 5) is 20.8. The van der Waals surface area contributed by atoms with Crippen molar-refractivity contribution in [1.82, 2.24) is 0 Å². The zero-order valence-electron chi connectivity index (χ0n) is 7.07. The number of rotatable bonds is 2. The molecule has 68 valence electrons. The highest BCUT2D eigenvalue weighted by Gasteiger charge is 2.04. The number of hydrogen-bond acceptors (Lipinski definition) is 3. The highest BCUT2D eigenvalue weighted by atomic mass is 16.3. The highest BCUT2D eigenvalue weighted by Crippen LogP contribution is 2.24. The molecule has 0 aliphatic rings. The third-order valence-electron chi connectivity index (χ3n) is 1.66. The molecule has 0 saturated carbocycles. The number of carbonyl (C=O) groups excluding carboxylic acids is 1. The minimum atomic E-state index is -0.661. The summed E-state index contributed by atoms with van der Waals surface area (Å²) in [5, 5.41) is 5.18. The normalized spacial score (nSPS) is 9.31. The molecule has 0 heterocycles. The quantitative estimate of drug-likeness (QED) is 0.679. The zero-order valence-corrected chi connectivity index (χ0v) is 7.07. The Hall–Kier alpha value is -1.91. The lowest BCUT2D eigenvalue weighted by atomic mass is 10.1. The number of nitrogens with zero attached hydrogens (tertiary/aromatic N) is 1. The summed E-state index contributed by atoms with van der Waals surface area (Å²) in [6.07, 6.45) is 0. The summed E-state index contributed by atoms with van der Waals surface area (Å²) in [6, 6.07) is 4.17. The van der Waals surface area contributed by atoms with Crippen LogP contribution in [0.4, 0.5) is 16.2 Å². The molecule has 0 saturated heterocycles. The van der Waals surface area contributed by atoms with Gasteiger partial charge in [0.2, 0.25) is 0 Å². The predicted molar refractivity (Wildman–Crippen MR) is 49.8 cm³/mol. The lowest BCUT2D eigenvalue weighted by molar-refractivity contribution is 0.259. The van der Waals surface area contributed by atoms with Crippen LogP contribution in [0.2, 0.25) is 0 Å². The van der Waals surface area contributed by atoms with Gasteiger partial charge in [0.1, 0.15) is 5.69 Å². The molecule has 5 heteroatoms. The summed E-state index contributed by atoms with van der Waals surface area (Å²) in [6.45, 7) is 1.68. The second kappa shape index (κ2) is 3.66. The first-order valence-electron chi connectivity index (χ1n) is 3.64. The SMILES string of the molecule is Cc1c(N=O)cccc1NC(N)=O. The molecule has 13 heavy (non-hydrogen) atoms. The van der Waals surface area contributed by atoms with E-state index in [1.54, 1.807) is 25.1 Å². The topological polar surface area (TPSA) is 84.6 Å². The molecular formula is C8H9N3O2. The van der Waals surface area contributed by atoms with Crippen molar-refractivity contribution < 1.29 is 4.79 Å². The van der Waals surface area contributed by atoms with Gasteiger partial charge in [0.15, 0.2) is 0 Å². The van der Waals surface area contributed by atoms with Gasteiger partial charge >= 0.3 is 6.03 Å². The number of amides is 2. The van der Waals surface area contributed by atoms with E-state index in [-0.39, 0.29) is 0 Å². The van der Waals surface area contributed by atoms with Crippen molar-refractivity contribution in [3.05, 3.63) is 28.7 Å². The molecule has 0 atom stereocenters. The van der Waals surface area contributed by atoms with Crippen molar-refractivity contribution in [1.29, 1.82) is 0 Å². The molecule has 2 amide bonds. The van der Waals surface area contributed by atoms with Crippen LogP contribution in [0.3, 0.4) is 0 Å². The Morgan fingerprint density at radius 1 is 1.54 bits per heavy atom. The summed E-state index contributed by atoms with van der Waals surface area (Å²) in [5.74, 6) is 0. The largest absolute Gasteiger partial charge is 0.351 e. The maximum absolute atomic E-state index is 10.5. The Balaban J connectivity index is 3.07. The molecule has 0 aliphatic carbocycles. The van der Waals surface area contributed by atoms with Gasteiger partial charge in [-0.1, -0.05) is 6.07 Å². The van der Waals surface area contributed by atoms with E-state index in [0.717, 1.165) is 0 Å². The summed E-state index contributed by atoms with van der Waals surface area (Å²) in [5.41, 5.74) is 6.34. The molecule has 1 rings (SSSR count). The molecule has 0 unspecified atom stereocenters. The van der Waals surface area contributed by atoms with E-state index in [1.807, 2.05) is 0 Å². The van der Waals surface area contributed by atoms with Gasteiger partial charge in [0, 0.05) is 11.3 Å². The lowest BCUT2D eigenvalue weighted by Crippen LogP contribution is -2.19. The fraction of sp³-hybridized carbons (Fsp3) is 0.125. The molecular weight excluding hydrogens is 170 g/mol. The van der Waals surface area contributed by atoms with Crippen molar-refractivity contribution in [2.24, 2.45) is 10.9 Å². The summed E-state index contributed by atoms with van der Waals surface area (Å²) in [7, 11) is 0. The van der Waals surface area contributed by atoms with Crippen LogP contribution in [0.5, 0.6) is 0 Å². The van der Waals surface area contributed by atoms with Crippen LogP contribution >= 0.6 is 0 Å². The first-order valence-corrected chi connectivity index (χ1v) is 3.64. The number of benzene rings is 1. The van der Waals surface area contributed by atoms with Crippen LogP contribution in [0.15, 0.2) is 23.4 Å². The fourth-order valence-electron chi connectivity index (χ4n) is 0.991. The molecule has 1 aromatic rings. The van der Waals surface area contributed by atoms with E-state index in [9.17, 15) is 9.70 Å². The third-order valence-corrected chi connectivity index (χ3v) is 1.66. The van der Waals surface area contributed by atoms with Gasteiger partial charge in [-0.05, 0) is 24.2 Å². The first kappa shape index (κ1) is 9.18. The van der Waals surface area contributed by atoms with E-state index in [2.05, 4.69) is 10.5 Å². The molecule has 0 bridgehead atoms. The number of nitrogens with two attached hydrogens (primary N) is 1. The summed E-state index contributed by atoms with van der Waals surface area (Å²) < 4.78 is 0. The maximum atomic E-state index is 10.5. The molecule has 0 aliphatic heterocycles. The van der Waals surface area contributed by atoms with Gasteiger partial charge in [-0.3, -0.25) is 0 Å². The molecule has 1 aromatic carbocycles. The highest BCUT2D eigenvalue weighted by molar-refractivity contribution is 5.89. The number of nitroso groups, excluding NO2 is 1. The Morgan fingerprint density at radius 2 is 2.23 bits per heavy atom. The number of primary amides is 1. The van der Waals surface area contributed by atoms with Gasteiger partial charge in [0.05, 0.1) is 0 Å². The van der Waals surface area contributed by atoms with E-state index >= 15 is 0 Å². The Morgan fingerprint density at radius 3 is 2.77 bits per heavy atom. The van der Waals surface area contributed by atoms with Gasteiger partial charge < -0.3 is 11.1 Å². The molecule has 0 spiro atoms. The van der Waals surface area contributed by atoms with Crippen LogP contribution in [0.25, 0.3) is 0 Å². The Labute approximate surface area is 74.9 Å². The van der Waals surface area contributed by atoms with Crippen LogP contribution < -0.4 is 11.1 Å². The second-order valence-electron chi connectivity index (χ2n) is 2.53. The smallest absolute Gasteiger partial charge is 0.316 e. The van der Waals surface area contributed by atoms with Gasteiger partial charge in [-0.15, -0.1) is 4.91 Å². The zero-order chi connectivity index (χ0) is 9.84. The minimum Gasteiger partial charge on any atom is -0.351 e. The minimum absolute atomic E-state index is 0.297. The molecule has 3 N–H and O–H groups in total. The summed E-state index contributed by atoms with van der Waals surface area (Å²) >= 11 is 0. The predicted octanol–water partition coefficient (Wildman–Crippen LogP) is 1.88. The number of carbonyl (C=O) groups is 1. The fourth-order valence-corrected chi connectivity index (χ4v) is 0.991. The Kier molecular flexibility index (Phi) is 2.59. The molecule has 0 aromatic heterocycles. The van der Waals surface area contributed by atoms with Crippen molar-refractivity contribution in [3.63, 3.8) is 0 Å². The van der Waals surface area contributed by atoms with Crippen molar-refractivity contribution in [3.8, 4) is 0 Å². The van der Waals surface area contributed by atoms with E-state index < -0.39 is 6.03 Å². The number of anilines is 1. The van der Waals surface area contributed by atoms with E-state index in [0.29, 0.717) is 16.9 Å². The second-order valence-corrected chi connectivity index (χ2v) is 2.53. The number of urea groups is 1. The number of nitrogens with one attached hydrogen (secondary N) is 1. The van der Waals surface area contributed by atoms with E-state index in [4.69, 9.17) is 5.73 Å². The standard InChI is InChI=1S/C8H9N3O2/c1-5-6(10-8(9)12)3-2-4-7(5)11-13/h2-4H,1H3,(H3,9,10,12). The molecule has 5 nitrogen and oxygen atoms in total. The van der Waals surface area contributed by atoms with Gasteiger partial charge in [-0.25, -0.2) is 4.79 Å². The van der Waals surface area contributed by atoms with Gasteiger partial charge in [-0.2, -0.15) is 0 Å². The van der Waals surface area contributed by atoms with Crippen LogP contribution in [0, 0.1) is 11.8 Å². The first-order chi connectivity index (χ1) is 6.15. The molecule has 0 fully saturated rings. The van der Waals surface area contributed by atoms with Crippen molar-refractivity contribution >= 4 is 17.4 Å². The average Bonchev–Trinajstić information content (AvgIpc) is 2.08. The van der Waals surface area contributed by atoms with Crippen LogP contribution in [0.1, 0.15) is 5.56 Å². The maximum Gasteiger partial charge on any atom is 0.316 e. The van der Waals surface area contributed by atoms with Gasteiger partial charge in [0.25, 0.3) is 0 Å². The third kappa shape index (κ3) is 2.02. The Bertz CT molecular complexity index is 349. The van der Waals surface area contributed by atoms with Crippen LogP contribution in [-0.4, -0.2) is 6.03 Å². The van der Waals surface area contributed by atoms with Crippen molar-refractivity contribution in [2.45, 2.75) is 6.92 Å². The molecule has 0 radical (unpaired) electrons.